The molecule has 1 aliphatic rings. The molecule has 5 rings (SSSR count). The van der Waals surface area contributed by atoms with Crippen LogP contribution < -0.4 is 15.8 Å². The smallest absolute Gasteiger partial charge is 0.247 e. The second-order valence-corrected chi connectivity index (χ2v) is 9.09. The highest BCUT2D eigenvalue weighted by Gasteiger charge is 2.28. The number of nitrogens with zero attached hydrogens (tertiary/aromatic N) is 3. The quantitative estimate of drug-likeness (QED) is 0.337. The van der Waals surface area contributed by atoms with E-state index in [-0.39, 0.29) is 28.7 Å². The number of hydrogen-bond donors (Lipinski definition) is 2. The van der Waals surface area contributed by atoms with Crippen molar-refractivity contribution in [2.75, 3.05) is 5.32 Å². The summed E-state index contributed by atoms with van der Waals surface area (Å²) in [6, 6.07) is 10.4. The van der Waals surface area contributed by atoms with Crippen LogP contribution in [0.15, 0.2) is 66.6 Å². The van der Waals surface area contributed by atoms with E-state index >= 15 is 4.39 Å². The van der Waals surface area contributed by atoms with Crippen LogP contribution in [0, 0.1) is 11.6 Å². The Hall–Kier alpha value is -4.93. The highest BCUT2D eigenvalue weighted by molar-refractivity contribution is 6.10. The van der Waals surface area contributed by atoms with Gasteiger partial charge < -0.3 is 15.8 Å². The minimum atomic E-state index is -1.50. The first-order chi connectivity index (χ1) is 18.8. The SMILES string of the molecule is NC(=O)C(C(=O)Nc1ccc(F)cc1)c1ccc(Oc2ncnn3ccc(C=C4CCC(=O)CC4)c23)c(F)c1. The summed E-state index contributed by atoms with van der Waals surface area (Å²) in [4.78, 5) is 40.6. The third kappa shape index (κ3) is 5.66. The van der Waals surface area contributed by atoms with Crippen LogP contribution in [0.25, 0.3) is 11.6 Å². The molecule has 4 aromatic rings. The maximum absolute atomic E-state index is 15.2. The fourth-order valence-electron chi connectivity index (χ4n) is 4.43. The first-order valence-corrected chi connectivity index (χ1v) is 12.1. The Morgan fingerprint density at radius 2 is 1.79 bits per heavy atom. The zero-order valence-electron chi connectivity index (χ0n) is 20.6. The lowest BCUT2D eigenvalue weighted by Crippen LogP contribution is -2.32. The standard InChI is InChI=1S/C28H23F2N5O4/c29-19-4-6-20(7-5-19)34-27(38)24(26(31)37)17-3-10-23(22(30)14-17)39-28-25-18(11-12-35(25)33-15-32-28)13-16-1-8-21(36)9-2-16/h3-7,10-15,24H,1-2,8-9H2,(H2,31,37)(H,34,38). The number of carbonyl (C=O) groups is 3. The van der Waals surface area contributed by atoms with Crippen LogP contribution in [-0.4, -0.2) is 32.2 Å². The third-order valence-electron chi connectivity index (χ3n) is 6.42. The van der Waals surface area contributed by atoms with Gasteiger partial charge in [-0.3, -0.25) is 14.4 Å². The van der Waals surface area contributed by atoms with Crippen molar-refractivity contribution in [3.8, 4) is 11.6 Å². The highest BCUT2D eigenvalue weighted by Crippen LogP contribution is 2.32. The molecule has 11 heteroatoms. The summed E-state index contributed by atoms with van der Waals surface area (Å²) >= 11 is 0. The molecule has 1 atom stereocenters. The summed E-state index contributed by atoms with van der Waals surface area (Å²) in [5.41, 5.74) is 8.11. The Labute approximate surface area is 221 Å². The molecule has 0 saturated heterocycles. The molecule has 2 heterocycles. The van der Waals surface area contributed by atoms with Gasteiger partial charge in [0.05, 0.1) is 0 Å². The monoisotopic (exact) mass is 531 g/mol. The maximum atomic E-state index is 15.2. The molecular formula is C28H23F2N5O4. The average molecular weight is 532 g/mol. The zero-order chi connectivity index (χ0) is 27.5. The normalized spacial score (nSPS) is 14.2. The van der Waals surface area contributed by atoms with Crippen LogP contribution in [0.3, 0.4) is 0 Å². The van der Waals surface area contributed by atoms with Crippen LogP contribution in [0.2, 0.25) is 0 Å². The van der Waals surface area contributed by atoms with Crippen LogP contribution in [0.1, 0.15) is 42.7 Å². The molecule has 1 saturated carbocycles. The summed E-state index contributed by atoms with van der Waals surface area (Å²) in [5.74, 6) is -4.48. The molecule has 39 heavy (non-hydrogen) atoms. The number of carbonyl (C=O) groups excluding carboxylic acids is 3. The Balaban J connectivity index is 1.40. The molecule has 198 valence electrons. The van der Waals surface area contributed by atoms with E-state index in [9.17, 15) is 18.8 Å². The van der Waals surface area contributed by atoms with Crippen molar-refractivity contribution in [1.82, 2.24) is 14.6 Å². The molecule has 2 aromatic carbocycles. The third-order valence-corrected chi connectivity index (χ3v) is 6.42. The highest BCUT2D eigenvalue weighted by atomic mass is 19.1. The number of fused-ring (bicyclic) bond motifs is 1. The molecule has 0 aliphatic heterocycles. The zero-order valence-corrected chi connectivity index (χ0v) is 20.6. The lowest BCUT2D eigenvalue weighted by molar-refractivity contribution is -0.127. The Morgan fingerprint density at radius 3 is 2.49 bits per heavy atom. The molecule has 1 fully saturated rings. The Morgan fingerprint density at radius 1 is 1.05 bits per heavy atom. The molecule has 0 spiro atoms. The Kier molecular flexibility index (Phi) is 7.13. The number of halogens is 2. The van der Waals surface area contributed by atoms with E-state index in [4.69, 9.17) is 10.5 Å². The van der Waals surface area contributed by atoms with Gasteiger partial charge in [-0.2, -0.15) is 10.1 Å². The first-order valence-electron chi connectivity index (χ1n) is 12.1. The number of allylic oxidation sites excluding steroid dienone is 1. The van der Waals surface area contributed by atoms with Crippen molar-refractivity contribution >= 4 is 34.9 Å². The number of nitrogens with two attached hydrogens (primary N) is 1. The van der Waals surface area contributed by atoms with Gasteiger partial charge in [-0.05, 0) is 60.9 Å². The van der Waals surface area contributed by atoms with Gasteiger partial charge in [0.2, 0.25) is 17.7 Å². The topological polar surface area (TPSA) is 129 Å². The summed E-state index contributed by atoms with van der Waals surface area (Å²) in [5, 5.41) is 6.66. The summed E-state index contributed by atoms with van der Waals surface area (Å²) in [6.07, 6.45) is 7.31. The molecule has 2 amide bonds. The van der Waals surface area contributed by atoms with Crippen LogP contribution in [0.4, 0.5) is 14.5 Å². The number of nitrogens with one attached hydrogen (secondary N) is 1. The summed E-state index contributed by atoms with van der Waals surface area (Å²) in [6.45, 7) is 0. The lowest BCUT2D eigenvalue weighted by Gasteiger charge is -2.15. The second-order valence-electron chi connectivity index (χ2n) is 9.09. The van der Waals surface area contributed by atoms with Gasteiger partial charge in [-0.1, -0.05) is 17.7 Å². The van der Waals surface area contributed by atoms with Gasteiger partial charge in [0.15, 0.2) is 11.6 Å². The number of ketones is 1. The van der Waals surface area contributed by atoms with Gasteiger partial charge in [-0.25, -0.2) is 13.3 Å². The molecule has 9 nitrogen and oxygen atoms in total. The second kappa shape index (κ2) is 10.8. The van der Waals surface area contributed by atoms with Crippen molar-refractivity contribution in [3.05, 3.63) is 89.4 Å². The number of Topliss-reactive ketones (excluding diaryl/α,β-unsaturated/α-hetero) is 1. The number of ether oxygens (including phenoxy) is 1. The number of primary amides is 1. The predicted molar refractivity (Wildman–Crippen MR) is 138 cm³/mol. The van der Waals surface area contributed by atoms with E-state index in [1.165, 1.54) is 30.6 Å². The van der Waals surface area contributed by atoms with E-state index in [2.05, 4.69) is 15.4 Å². The molecule has 0 bridgehead atoms. The number of aromatic nitrogens is 3. The molecule has 1 unspecified atom stereocenters. The van der Waals surface area contributed by atoms with Gasteiger partial charge in [0.25, 0.3) is 0 Å². The predicted octanol–water partition coefficient (Wildman–Crippen LogP) is 4.53. The first kappa shape index (κ1) is 25.7. The van der Waals surface area contributed by atoms with Crippen molar-refractivity contribution in [3.63, 3.8) is 0 Å². The molecular weight excluding hydrogens is 508 g/mol. The maximum Gasteiger partial charge on any atom is 0.247 e. The lowest BCUT2D eigenvalue weighted by atomic mass is 9.92. The van der Waals surface area contributed by atoms with Crippen molar-refractivity contribution in [1.29, 1.82) is 0 Å². The Bertz CT molecular complexity index is 1600. The van der Waals surface area contributed by atoms with Crippen LogP contribution in [0.5, 0.6) is 11.6 Å². The van der Waals surface area contributed by atoms with E-state index in [0.717, 1.165) is 29.3 Å². The largest absolute Gasteiger partial charge is 0.434 e. The molecule has 2 aromatic heterocycles. The van der Waals surface area contributed by atoms with Crippen molar-refractivity contribution in [2.45, 2.75) is 31.6 Å². The average Bonchev–Trinajstić information content (AvgIpc) is 3.32. The summed E-state index contributed by atoms with van der Waals surface area (Å²) in [7, 11) is 0. The van der Waals surface area contributed by atoms with Crippen LogP contribution in [-0.2, 0) is 14.4 Å². The van der Waals surface area contributed by atoms with Gasteiger partial charge in [-0.15, -0.1) is 0 Å². The van der Waals surface area contributed by atoms with Gasteiger partial charge >= 0.3 is 0 Å². The van der Waals surface area contributed by atoms with Gasteiger partial charge in [0, 0.05) is 30.3 Å². The van der Waals surface area contributed by atoms with Gasteiger partial charge in [0.1, 0.15) is 29.4 Å². The number of anilines is 1. The van der Waals surface area contributed by atoms with E-state index < -0.39 is 29.4 Å². The van der Waals surface area contributed by atoms with E-state index in [1.54, 1.807) is 10.7 Å². The van der Waals surface area contributed by atoms with Crippen molar-refractivity contribution < 1.29 is 27.9 Å². The summed E-state index contributed by atoms with van der Waals surface area (Å²) < 4.78 is 35.7. The fraction of sp³-hybridized carbons (Fsp3) is 0.179. The molecule has 0 radical (unpaired) electrons. The number of benzene rings is 2. The number of rotatable bonds is 7. The fourth-order valence-corrected chi connectivity index (χ4v) is 4.43. The number of hydrogen-bond acceptors (Lipinski definition) is 6. The van der Waals surface area contributed by atoms with E-state index in [1.807, 2.05) is 12.1 Å². The molecule has 1 aliphatic carbocycles. The minimum absolute atomic E-state index is 0.0137. The minimum Gasteiger partial charge on any atom is -0.434 e. The molecule has 3 N–H and O–H groups in total. The number of amides is 2. The van der Waals surface area contributed by atoms with Crippen molar-refractivity contribution in [2.24, 2.45) is 5.73 Å². The van der Waals surface area contributed by atoms with Crippen LogP contribution >= 0.6 is 0 Å². The van der Waals surface area contributed by atoms with E-state index in [0.29, 0.717) is 31.2 Å².